The van der Waals surface area contributed by atoms with Crippen LogP contribution in [-0.4, -0.2) is 53.0 Å². The first-order valence-corrected chi connectivity index (χ1v) is 6.48. The first kappa shape index (κ1) is 12.5. The molecule has 104 valence electrons. The summed E-state index contributed by atoms with van der Waals surface area (Å²) in [5, 5.41) is 5.53. The van der Waals surface area contributed by atoms with Crippen LogP contribution in [-0.2, 0) is 0 Å². The Kier molecular flexibility index (Phi) is 3.24. The van der Waals surface area contributed by atoms with Crippen LogP contribution in [0.4, 0.5) is 4.79 Å². The topological polar surface area (TPSA) is 90.1 Å². The van der Waals surface area contributed by atoms with Gasteiger partial charge in [-0.05, 0) is 18.2 Å². The van der Waals surface area contributed by atoms with Crippen LogP contribution in [0.5, 0.6) is 0 Å². The molecule has 2 heterocycles. The van der Waals surface area contributed by atoms with Crippen LogP contribution in [0.15, 0.2) is 24.5 Å². The summed E-state index contributed by atoms with van der Waals surface area (Å²) in [4.78, 5) is 32.1. The molecule has 1 fully saturated rings. The van der Waals surface area contributed by atoms with E-state index in [9.17, 15) is 9.59 Å². The molecule has 0 radical (unpaired) electrons. The number of aromatic nitrogens is 2. The standard InChI is InChI=1S/C13H15N5O2/c19-12(14-3-5-18-6-4-15-13(18)20)9-1-2-10-11(7-9)17-8-16-10/h1-2,7-8H,3-6H2,(H,14,19)(H,15,20)(H,16,17). The number of urea groups is 1. The minimum atomic E-state index is -0.152. The van der Waals surface area contributed by atoms with Crippen LogP contribution in [0.1, 0.15) is 10.4 Å². The van der Waals surface area contributed by atoms with Crippen molar-refractivity contribution in [1.29, 1.82) is 0 Å². The van der Waals surface area contributed by atoms with Gasteiger partial charge in [0.2, 0.25) is 0 Å². The van der Waals surface area contributed by atoms with Gasteiger partial charge in [-0.3, -0.25) is 4.79 Å². The van der Waals surface area contributed by atoms with Crippen molar-refractivity contribution in [3.05, 3.63) is 30.1 Å². The smallest absolute Gasteiger partial charge is 0.317 e. The fraction of sp³-hybridized carbons (Fsp3) is 0.308. The number of amides is 3. The highest BCUT2D eigenvalue weighted by atomic mass is 16.2. The Bertz CT molecular complexity index is 651. The van der Waals surface area contributed by atoms with Gasteiger partial charge in [0.1, 0.15) is 0 Å². The zero-order chi connectivity index (χ0) is 13.9. The fourth-order valence-electron chi connectivity index (χ4n) is 2.21. The van der Waals surface area contributed by atoms with E-state index in [1.165, 1.54) is 0 Å². The number of benzene rings is 1. The largest absolute Gasteiger partial charge is 0.350 e. The van der Waals surface area contributed by atoms with E-state index in [1.807, 2.05) is 0 Å². The van der Waals surface area contributed by atoms with Crippen LogP contribution >= 0.6 is 0 Å². The van der Waals surface area contributed by atoms with Gasteiger partial charge in [0.15, 0.2) is 0 Å². The number of nitrogens with one attached hydrogen (secondary N) is 3. The number of rotatable bonds is 4. The van der Waals surface area contributed by atoms with E-state index in [2.05, 4.69) is 20.6 Å². The summed E-state index contributed by atoms with van der Waals surface area (Å²) < 4.78 is 0. The second-order valence-electron chi connectivity index (χ2n) is 4.61. The molecule has 1 aromatic heterocycles. The number of nitrogens with zero attached hydrogens (tertiary/aromatic N) is 2. The van der Waals surface area contributed by atoms with Gasteiger partial charge in [0.25, 0.3) is 5.91 Å². The highest BCUT2D eigenvalue weighted by Gasteiger charge is 2.18. The van der Waals surface area contributed by atoms with Crippen molar-refractivity contribution in [2.24, 2.45) is 0 Å². The Morgan fingerprint density at radius 3 is 3.15 bits per heavy atom. The lowest BCUT2D eigenvalue weighted by molar-refractivity contribution is 0.0950. The number of H-pyrrole nitrogens is 1. The van der Waals surface area contributed by atoms with E-state index in [0.29, 0.717) is 31.7 Å². The third-order valence-corrected chi connectivity index (χ3v) is 3.29. The molecular formula is C13H15N5O2. The number of fused-ring (bicyclic) bond motifs is 1. The second-order valence-corrected chi connectivity index (χ2v) is 4.61. The van der Waals surface area contributed by atoms with E-state index in [-0.39, 0.29) is 11.9 Å². The summed E-state index contributed by atoms with van der Waals surface area (Å²) in [6.45, 7) is 2.31. The van der Waals surface area contributed by atoms with E-state index >= 15 is 0 Å². The van der Waals surface area contributed by atoms with Gasteiger partial charge in [-0.15, -0.1) is 0 Å². The van der Waals surface area contributed by atoms with Crippen molar-refractivity contribution in [2.45, 2.75) is 0 Å². The summed E-state index contributed by atoms with van der Waals surface area (Å²) in [6.07, 6.45) is 1.60. The fourth-order valence-corrected chi connectivity index (χ4v) is 2.21. The highest BCUT2D eigenvalue weighted by molar-refractivity contribution is 5.97. The summed E-state index contributed by atoms with van der Waals surface area (Å²) in [5.74, 6) is -0.152. The minimum Gasteiger partial charge on any atom is -0.350 e. The number of hydrogen-bond acceptors (Lipinski definition) is 3. The SMILES string of the molecule is O=C(NCCN1CCNC1=O)c1ccc2nc[nH]c2c1. The van der Waals surface area contributed by atoms with Gasteiger partial charge in [0.05, 0.1) is 17.4 Å². The molecule has 0 atom stereocenters. The normalized spacial score (nSPS) is 14.6. The first-order valence-electron chi connectivity index (χ1n) is 6.48. The Balaban J connectivity index is 1.57. The summed E-state index contributed by atoms with van der Waals surface area (Å²) >= 11 is 0. The zero-order valence-corrected chi connectivity index (χ0v) is 10.8. The molecule has 0 bridgehead atoms. The molecule has 0 saturated carbocycles. The number of carbonyl (C=O) groups is 2. The molecular weight excluding hydrogens is 258 g/mol. The molecule has 2 aromatic rings. The molecule has 0 aliphatic carbocycles. The summed E-state index contributed by atoms with van der Waals surface area (Å²) in [5.41, 5.74) is 2.24. The molecule has 7 nitrogen and oxygen atoms in total. The minimum absolute atomic E-state index is 0.0712. The van der Waals surface area contributed by atoms with Gasteiger partial charge < -0.3 is 20.5 Å². The maximum absolute atomic E-state index is 12.0. The third kappa shape index (κ3) is 2.42. The lowest BCUT2D eigenvalue weighted by Gasteiger charge is -2.14. The van der Waals surface area contributed by atoms with E-state index in [4.69, 9.17) is 0 Å². The van der Waals surface area contributed by atoms with Gasteiger partial charge in [-0.25, -0.2) is 9.78 Å². The molecule has 1 aliphatic heterocycles. The molecule has 3 N–H and O–H groups in total. The Morgan fingerprint density at radius 1 is 1.45 bits per heavy atom. The molecule has 7 heteroatoms. The molecule has 0 spiro atoms. The van der Waals surface area contributed by atoms with Crippen molar-refractivity contribution in [3.8, 4) is 0 Å². The molecule has 1 aromatic carbocycles. The van der Waals surface area contributed by atoms with Crippen molar-refractivity contribution in [1.82, 2.24) is 25.5 Å². The van der Waals surface area contributed by atoms with E-state index in [0.717, 1.165) is 11.0 Å². The number of hydrogen-bond donors (Lipinski definition) is 3. The molecule has 0 unspecified atom stereocenters. The molecule has 3 rings (SSSR count). The number of imidazole rings is 1. The van der Waals surface area contributed by atoms with Crippen molar-refractivity contribution in [2.75, 3.05) is 26.2 Å². The molecule has 1 saturated heterocycles. The van der Waals surface area contributed by atoms with Crippen LogP contribution in [0, 0.1) is 0 Å². The first-order chi connectivity index (χ1) is 9.74. The number of aromatic amines is 1. The van der Waals surface area contributed by atoms with Gasteiger partial charge >= 0.3 is 6.03 Å². The zero-order valence-electron chi connectivity index (χ0n) is 10.8. The van der Waals surface area contributed by atoms with Gasteiger partial charge in [-0.2, -0.15) is 0 Å². The van der Waals surface area contributed by atoms with Crippen molar-refractivity contribution >= 4 is 23.0 Å². The predicted octanol–water partition coefficient (Wildman–Crippen LogP) is 0.318. The molecule has 1 aliphatic rings. The van der Waals surface area contributed by atoms with Crippen LogP contribution in [0.2, 0.25) is 0 Å². The van der Waals surface area contributed by atoms with Gasteiger partial charge in [-0.1, -0.05) is 0 Å². The summed E-state index contributed by atoms with van der Waals surface area (Å²) in [6, 6.07) is 5.23. The second kappa shape index (κ2) is 5.20. The lowest BCUT2D eigenvalue weighted by Crippen LogP contribution is -2.36. The third-order valence-electron chi connectivity index (χ3n) is 3.29. The Labute approximate surface area is 115 Å². The van der Waals surface area contributed by atoms with Crippen LogP contribution in [0.25, 0.3) is 11.0 Å². The quantitative estimate of drug-likeness (QED) is 0.749. The highest BCUT2D eigenvalue weighted by Crippen LogP contribution is 2.11. The van der Waals surface area contributed by atoms with Gasteiger partial charge in [0, 0.05) is 31.7 Å². The average Bonchev–Trinajstić information content (AvgIpc) is 3.07. The lowest BCUT2D eigenvalue weighted by atomic mass is 10.2. The number of carbonyl (C=O) groups excluding carboxylic acids is 2. The van der Waals surface area contributed by atoms with Crippen molar-refractivity contribution in [3.63, 3.8) is 0 Å². The average molecular weight is 273 g/mol. The predicted molar refractivity (Wildman–Crippen MR) is 73.4 cm³/mol. The Morgan fingerprint density at radius 2 is 2.35 bits per heavy atom. The maximum atomic E-state index is 12.0. The van der Waals surface area contributed by atoms with Crippen molar-refractivity contribution < 1.29 is 9.59 Å². The molecule has 20 heavy (non-hydrogen) atoms. The monoisotopic (exact) mass is 273 g/mol. The Hall–Kier alpha value is -2.57. The maximum Gasteiger partial charge on any atom is 0.317 e. The van der Waals surface area contributed by atoms with E-state index in [1.54, 1.807) is 29.4 Å². The van der Waals surface area contributed by atoms with E-state index < -0.39 is 0 Å². The van der Waals surface area contributed by atoms with Crippen LogP contribution in [0.3, 0.4) is 0 Å². The molecule has 3 amide bonds. The summed E-state index contributed by atoms with van der Waals surface area (Å²) in [7, 11) is 0. The van der Waals surface area contributed by atoms with Crippen LogP contribution < -0.4 is 10.6 Å².